The van der Waals surface area contributed by atoms with Gasteiger partial charge in [-0.1, -0.05) is 65.9 Å². The smallest absolute Gasteiger partial charge is 0.344 e. The number of esters is 1. The van der Waals surface area contributed by atoms with Gasteiger partial charge >= 0.3 is 5.97 Å². The second-order valence-corrected chi connectivity index (χ2v) is 9.71. The van der Waals surface area contributed by atoms with E-state index in [1.54, 1.807) is 66.7 Å². The minimum Gasteiger partial charge on any atom is -0.423 e. The Bertz CT molecular complexity index is 1230. The molecule has 1 fully saturated rings. The molecule has 0 saturated carbocycles. The van der Waals surface area contributed by atoms with Crippen molar-refractivity contribution in [1.82, 2.24) is 0 Å². The molecule has 0 aliphatic carbocycles. The molecule has 31 heavy (non-hydrogen) atoms. The summed E-state index contributed by atoms with van der Waals surface area (Å²) in [5, 5.41) is 0.533. The van der Waals surface area contributed by atoms with Crippen LogP contribution in [0.1, 0.15) is 15.9 Å². The van der Waals surface area contributed by atoms with Crippen LogP contribution in [0.25, 0.3) is 6.08 Å². The normalized spacial score (nSPS) is 14.9. The third-order valence-electron chi connectivity index (χ3n) is 4.34. The Kier molecular flexibility index (Phi) is 6.76. The minimum absolute atomic E-state index is 0.202. The van der Waals surface area contributed by atoms with Gasteiger partial charge in [-0.25, -0.2) is 4.79 Å². The van der Waals surface area contributed by atoms with Crippen molar-refractivity contribution in [2.24, 2.45) is 0 Å². The first kappa shape index (κ1) is 22.0. The van der Waals surface area contributed by atoms with Gasteiger partial charge in [0, 0.05) is 8.59 Å². The molecule has 0 unspecified atom stereocenters. The molecule has 0 N–H and O–H groups in total. The molecule has 1 aliphatic heterocycles. The number of thioether (sulfide) groups is 1. The third kappa shape index (κ3) is 5.01. The summed E-state index contributed by atoms with van der Waals surface area (Å²) in [6.07, 6.45) is 1.76. The molecule has 1 saturated heterocycles. The summed E-state index contributed by atoms with van der Waals surface area (Å²) in [5.74, 6) is -0.195. The van der Waals surface area contributed by atoms with Crippen molar-refractivity contribution in [3.63, 3.8) is 0 Å². The minimum atomic E-state index is -0.417. The molecule has 0 radical (unpaired) electrons. The van der Waals surface area contributed by atoms with E-state index in [-0.39, 0.29) is 5.91 Å². The predicted octanol–water partition coefficient (Wildman–Crippen LogP) is 6.57. The summed E-state index contributed by atoms with van der Waals surface area (Å²) >= 11 is 14.8. The van der Waals surface area contributed by atoms with Crippen LogP contribution in [0.3, 0.4) is 0 Å². The number of halogens is 2. The maximum Gasteiger partial charge on any atom is 0.344 e. The van der Waals surface area contributed by atoms with Gasteiger partial charge in [0.25, 0.3) is 5.91 Å². The lowest BCUT2D eigenvalue weighted by Crippen LogP contribution is -2.27. The van der Waals surface area contributed by atoms with Gasteiger partial charge in [0.15, 0.2) is 4.32 Å². The molecule has 8 heteroatoms. The molecule has 0 aromatic heterocycles. The lowest BCUT2D eigenvalue weighted by molar-refractivity contribution is -0.113. The first-order valence-corrected chi connectivity index (χ1v) is 11.7. The summed E-state index contributed by atoms with van der Waals surface area (Å²) in [6, 6.07) is 21.2. The molecule has 4 nitrogen and oxygen atoms in total. The van der Waals surface area contributed by atoms with Gasteiger partial charge in [-0.2, -0.15) is 0 Å². The van der Waals surface area contributed by atoms with Gasteiger partial charge < -0.3 is 4.74 Å². The van der Waals surface area contributed by atoms with Crippen LogP contribution >= 0.6 is 58.2 Å². The number of anilines is 1. The molecule has 3 aromatic rings. The van der Waals surface area contributed by atoms with Gasteiger partial charge in [0.2, 0.25) is 0 Å². The third-order valence-corrected chi connectivity index (χ3v) is 6.82. The quantitative estimate of drug-likeness (QED) is 0.115. The zero-order valence-electron chi connectivity index (χ0n) is 15.7. The van der Waals surface area contributed by atoms with Crippen molar-refractivity contribution < 1.29 is 14.3 Å². The van der Waals surface area contributed by atoms with Gasteiger partial charge in [0.05, 0.1) is 16.2 Å². The number of thiocarbonyl (C=S) groups is 1. The van der Waals surface area contributed by atoms with Crippen LogP contribution in [-0.2, 0) is 4.79 Å². The highest BCUT2D eigenvalue weighted by Gasteiger charge is 2.33. The van der Waals surface area contributed by atoms with Crippen molar-refractivity contribution in [3.05, 3.63) is 97.4 Å². The van der Waals surface area contributed by atoms with Gasteiger partial charge in [0.1, 0.15) is 5.75 Å². The van der Waals surface area contributed by atoms with Crippen LogP contribution in [0.5, 0.6) is 5.75 Å². The van der Waals surface area contributed by atoms with E-state index in [0.29, 0.717) is 31.2 Å². The zero-order valence-corrected chi connectivity index (χ0v) is 20.3. The SMILES string of the molecule is O=C(Oc1ccc(/C=C2/SC(=S)N(c3cccc(Cl)c3)C2=O)cc1)c1ccccc1I. The van der Waals surface area contributed by atoms with E-state index in [1.165, 1.54) is 16.7 Å². The van der Waals surface area contributed by atoms with E-state index < -0.39 is 5.97 Å². The lowest BCUT2D eigenvalue weighted by atomic mass is 10.2. The molecule has 0 bridgehead atoms. The highest BCUT2D eigenvalue weighted by atomic mass is 127. The highest BCUT2D eigenvalue weighted by molar-refractivity contribution is 14.1. The van der Waals surface area contributed by atoms with E-state index in [4.69, 9.17) is 28.6 Å². The fraction of sp³-hybridized carbons (Fsp3) is 0. The molecule has 154 valence electrons. The Labute approximate surface area is 207 Å². The molecular weight excluding hydrogens is 565 g/mol. The number of nitrogens with zero attached hydrogens (tertiary/aromatic N) is 1. The fourth-order valence-corrected chi connectivity index (χ4v) is 4.97. The van der Waals surface area contributed by atoms with Gasteiger partial charge in [-0.05, 0) is 76.7 Å². The van der Waals surface area contributed by atoms with Crippen LogP contribution in [-0.4, -0.2) is 16.2 Å². The van der Waals surface area contributed by atoms with Crippen LogP contribution in [0.4, 0.5) is 5.69 Å². The molecular formula is C23H13ClINO3S2. The number of benzene rings is 3. The Morgan fingerprint density at radius 2 is 1.81 bits per heavy atom. The zero-order chi connectivity index (χ0) is 22.0. The number of ether oxygens (including phenoxy) is 1. The van der Waals surface area contributed by atoms with Crippen molar-refractivity contribution >= 4 is 86.1 Å². The highest BCUT2D eigenvalue weighted by Crippen LogP contribution is 2.36. The number of carbonyl (C=O) groups excluding carboxylic acids is 2. The van der Waals surface area contributed by atoms with Gasteiger partial charge in [-0.3, -0.25) is 9.69 Å². The first-order valence-electron chi connectivity index (χ1n) is 9.03. The lowest BCUT2D eigenvalue weighted by Gasteiger charge is -2.14. The standard InChI is InChI=1S/C23H13ClINO3S2/c24-15-4-3-5-16(13-15)26-21(27)20(31-23(26)30)12-14-8-10-17(11-9-14)29-22(28)18-6-1-2-7-19(18)25/h1-13H/b20-12+. The molecule has 1 amide bonds. The second kappa shape index (κ2) is 9.52. The number of carbonyl (C=O) groups is 2. The molecule has 3 aromatic carbocycles. The van der Waals surface area contributed by atoms with Crippen molar-refractivity contribution in [2.75, 3.05) is 4.90 Å². The Balaban J connectivity index is 1.49. The Morgan fingerprint density at radius 1 is 1.06 bits per heavy atom. The van der Waals surface area contributed by atoms with E-state index in [2.05, 4.69) is 22.6 Å². The summed E-state index contributed by atoms with van der Waals surface area (Å²) < 4.78 is 6.72. The van der Waals surface area contributed by atoms with Crippen molar-refractivity contribution in [3.8, 4) is 5.75 Å². The first-order chi connectivity index (χ1) is 14.9. The molecule has 1 heterocycles. The van der Waals surface area contributed by atoms with Gasteiger partial charge in [-0.15, -0.1) is 0 Å². The van der Waals surface area contributed by atoms with Crippen LogP contribution in [0, 0.1) is 3.57 Å². The monoisotopic (exact) mass is 577 g/mol. The van der Waals surface area contributed by atoms with Crippen molar-refractivity contribution in [2.45, 2.75) is 0 Å². The average Bonchev–Trinajstić information content (AvgIpc) is 3.02. The van der Waals surface area contributed by atoms with Crippen LogP contribution < -0.4 is 9.64 Å². The maximum atomic E-state index is 12.9. The second-order valence-electron chi connectivity index (χ2n) is 6.44. The summed E-state index contributed by atoms with van der Waals surface area (Å²) in [5.41, 5.74) is 1.94. The predicted molar refractivity (Wildman–Crippen MR) is 138 cm³/mol. The van der Waals surface area contributed by atoms with E-state index in [0.717, 1.165) is 9.13 Å². The summed E-state index contributed by atoms with van der Waals surface area (Å²) in [4.78, 5) is 27.2. The number of rotatable bonds is 4. The largest absolute Gasteiger partial charge is 0.423 e. The number of hydrogen-bond donors (Lipinski definition) is 0. The number of amides is 1. The van der Waals surface area contributed by atoms with E-state index in [1.807, 2.05) is 12.1 Å². The van der Waals surface area contributed by atoms with Crippen LogP contribution in [0.2, 0.25) is 5.02 Å². The molecule has 1 aliphatic rings. The van der Waals surface area contributed by atoms with E-state index in [9.17, 15) is 9.59 Å². The molecule has 0 spiro atoms. The topological polar surface area (TPSA) is 46.6 Å². The Hall–Kier alpha value is -2.20. The average molecular weight is 578 g/mol. The van der Waals surface area contributed by atoms with E-state index >= 15 is 0 Å². The maximum absolute atomic E-state index is 12.9. The van der Waals surface area contributed by atoms with Crippen molar-refractivity contribution in [1.29, 1.82) is 0 Å². The fourth-order valence-electron chi connectivity index (χ4n) is 2.88. The summed E-state index contributed by atoms with van der Waals surface area (Å²) in [6.45, 7) is 0. The summed E-state index contributed by atoms with van der Waals surface area (Å²) in [7, 11) is 0. The Morgan fingerprint density at radius 3 is 2.52 bits per heavy atom. The van der Waals surface area contributed by atoms with Crippen LogP contribution in [0.15, 0.2) is 77.7 Å². The molecule has 4 rings (SSSR count). The molecule has 0 atom stereocenters. The number of hydrogen-bond acceptors (Lipinski definition) is 5.